The Morgan fingerprint density at radius 1 is 1.00 bits per heavy atom. The van der Waals surface area contributed by atoms with Gasteiger partial charge in [0, 0.05) is 16.1 Å². The average Bonchev–Trinajstić information content (AvgIpc) is 2.65. The van der Waals surface area contributed by atoms with Crippen molar-refractivity contribution in [3.8, 4) is 0 Å². The van der Waals surface area contributed by atoms with E-state index in [1.807, 2.05) is 36.4 Å². The molecular weight excluding hydrogens is 334 g/mol. The zero-order valence-electron chi connectivity index (χ0n) is 13.7. The van der Waals surface area contributed by atoms with Crippen LogP contribution in [0.15, 0.2) is 48.5 Å². The number of nitrogens with zero attached hydrogens (tertiary/aromatic N) is 1. The molecule has 0 spiro atoms. The molecular formula is C20H18ClN3O. The fourth-order valence-electron chi connectivity index (χ4n) is 3.36. The molecule has 0 fully saturated rings. The zero-order valence-corrected chi connectivity index (χ0v) is 14.4. The lowest BCUT2D eigenvalue weighted by Gasteiger charge is -2.20. The molecule has 0 bridgehead atoms. The molecule has 0 unspecified atom stereocenters. The molecule has 2 N–H and O–H groups in total. The van der Waals surface area contributed by atoms with Crippen LogP contribution in [0.4, 0.5) is 5.69 Å². The second-order valence-corrected chi connectivity index (χ2v) is 6.66. The summed E-state index contributed by atoms with van der Waals surface area (Å²) in [5, 5.41) is 1.56. The van der Waals surface area contributed by atoms with Gasteiger partial charge in [-0.05, 0) is 61.6 Å². The van der Waals surface area contributed by atoms with E-state index in [1.165, 1.54) is 0 Å². The Bertz CT molecular complexity index is 938. The van der Waals surface area contributed by atoms with Crippen molar-refractivity contribution in [2.75, 3.05) is 5.43 Å². The molecule has 3 aromatic rings. The molecule has 1 amide bonds. The van der Waals surface area contributed by atoms with Crippen LogP contribution in [0.1, 0.15) is 34.5 Å². The first-order valence-corrected chi connectivity index (χ1v) is 8.82. The Labute approximate surface area is 151 Å². The molecule has 0 radical (unpaired) electrons. The number of carbonyl (C=O) groups is 1. The van der Waals surface area contributed by atoms with Gasteiger partial charge in [-0.25, -0.2) is 0 Å². The topological polar surface area (TPSA) is 54.0 Å². The molecule has 2 aromatic carbocycles. The largest absolute Gasteiger partial charge is 0.298 e. The van der Waals surface area contributed by atoms with Gasteiger partial charge < -0.3 is 0 Å². The molecule has 5 heteroatoms. The van der Waals surface area contributed by atoms with Gasteiger partial charge in [0.15, 0.2) is 0 Å². The van der Waals surface area contributed by atoms with Gasteiger partial charge in [0.2, 0.25) is 0 Å². The van der Waals surface area contributed by atoms with Crippen molar-refractivity contribution in [3.63, 3.8) is 0 Å². The Balaban J connectivity index is 1.69. The van der Waals surface area contributed by atoms with Crippen molar-refractivity contribution in [1.29, 1.82) is 0 Å². The van der Waals surface area contributed by atoms with E-state index < -0.39 is 0 Å². The predicted molar refractivity (Wildman–Crippen MR) is 101 cm³/mol. The summed E-state index contributed by atoms with van der Waals surface area (Å²) in [5.41, 5.74) is 10.3. The molecule has 4 rings (SSSR count). The van der Waals surface area contributed by atoms with E-state index in [-0.39, 0.29) is 5.91 Å². The number of carbonyl (C=O) groups excluding carboxylic acids is 1. The van der Waals surface area contributed by atoms with E-state index >= 15 is 0 Å². The number of rotatable bonds is 3. The van der Waals surface area contributed by atoms with E-state index in [1.54, 1.807) is 12.1 Å². The molecule has 1 aromatic heterocycles. The molecule has 0 saturated heterocycles. The highest BCUT2D eigenvalue weighted by Crippen LogP contribution is 2.29. The molecule has 0 aliphatic heterocycles. The van der Waals surface area contributed by atoms with Crippen LogP contribution in [0.5, 0.6) is 0 Å². The molecule has 1 aliphatic carbocycles. The normalized spacial score (nSPS) is 13.3. The van der Waals surface area contributed by atoms with E-state index in [0.29, 0.717) is 5.02 Å². The van der Waals surface area contributed by atoms with Gasteiger partial charge >= 0.3 is 0 Å². The molecule has 1 heterocycles. The number of halogens is 1. The van der Waals surface area contributed by atoms with Crippen molar-refractivity contribution in [2.24, 2.45) is 0 Å². The van der Waals surface area contributed by atoms with Gasteiger partial charge in [-0.2, -0.15) is 0 Å². The summed E-state index contributed by atoms with van der Waals surface area (Å²) in [6, 6.07) is 15.0. The van der Waals surface area contributed by atoms with Gasteiger partial charge in [0.25, 0.3) is 5.91 Å². The zero-order chi connectivity index (χ0) is 17.2. The number of aromatic nitrogens is 1. The lowest BCUT2D eigenvalue weighted by Crippen LogP contribution is -2.31. The third kappa shape index (κ3) is 3.17. The summed E-state index contributed by atoms with van der Waals surface area (Å²) < 4.78 is 0. The number of hydrazine groups is 1. The van der Waals surface area contributed by atoms with Crippen LogP contribution in [0.3, 0.4) is 0 Å². The molecule has 126 valence electrons. The Hall–Kier alpha value is -2.59. The van der Waals surface area contributed by atoms with Crippen LogP contribution in [0, 0.1) is 0 Å². The van der Waals surface area contributed by atoms with Crippen LogP contribution < -0.4 is 10.9 Å². The minimum absolute atomic E-state index is 0.133. The predicted octanol–water partition coefficient (Wildman–Crippen LogP) is 4.52. The fraction of sp³-hybridized carbons (Fsp3) is 0.200. The Kier molecular flexibility index (Phi) is 4.28. The first kappa shape index (κ1) is 15.9. The number of fused-ring (bicyclic) bond motifs is 2. The van der Waals surface area contributed by atoms with Crippen molar-refractivity contribution in [3.05, 3.63) is 70.4 Å². The second kappa shape index (κ2) is 6.73. The maximum atomic E-state index is 12.9. The smallest absolute Gasteiger partial charge is 0.270 e. The Morgan fingerprint density at radius 3 is 2.60 bits per heavy atom. The summed E-state index contributed by atoms with van der Waals surface area (Å²) in [6.45, 7) is 0. The average molecular weight is 352 g/mol. The number of benzene rings is 2. The van der Waals surface area contributed by atoms with Gasteiger partial charge in [0.05, 0.1) is 16.8 Å². The highest BCUT2D eigenvalue weighted by Gasteiger charge is 2.22. The Morgan fingerprint density at radius 2 is 1.76 bits per heavy atom. The van der Waals surface area contributed by atoms with Crippen LogP contribution in [-0.4, -0.2) is 10.9 Å². The number of para-hydroxylation sites is 1. The number of aryl methyl sites for hydroxylation is 1. The molecule has 4 nitrogen and oxygen atoms in total. The number of pyridine rings is 1. The molecule has 0 saturated carbocycles. The number of hydrogen-bond donors (Lipinski definition) is 2. The SMILES string of the molecule is O=C(NNc1ccc(Cl)cc1)c1c2c(nc3ccccc13)CCCC2. The fourth-order valence-corrected chi connectivity index (χ4v) is 3.48. The van der Waals surface area contributed by atoms with Gasteiger partial charge in [-0.15, -0.1) is 0 Å². The van der Waals surface area contributed by atoms with Crippen LogP contribution in [0.25, 0.3) is 10.9 Å². The summed E-state index contributed by atoms with van der Waals surface area (Å²) in [5.74, 6) is -0.133. The standard InChI is InChI=1S/C20H18ClN3O/c21-13-9-11-14(12-10-13)23-24-20(25)19-15-5-1-3-7-17(15)22-18-8-4-2-6-16(18)19/h1,3,5,7,9-12,23H,2,4,6,8H2,(H,24,25). The molecule has 1 aliphatic rings. The quantitative estimate of drug-likeness (QED) is 0.682. The second-order valence-electron chi connectivity index (χ2n) is 6.22. The summed E-state index contributed by atoms with van der Waals surface area (Å²) in [4.78, 5) is 17.7. The van der Waals surface area contributed by atoms with E-state index in [9.17, 15) is 4.79 Å². The molecule has 0 atom stereocenters. The van der Waals surface area contributed by atoms with Gasteiger partial charge in [-0.3, -0.25) is 20.6 Å². The van der Waals surface area contributed by atoms with Crippen molar-refractivity contribution < 1.29 is 4.79 Å². The number of nitrogens with one attached hydrogen (secondary N) is 2. The first-order valence-electron chi connectivity index (χ1n) is 8.45. The maximum absolute atomic E-state index is 12.9. The summed E-state index contributed by atoms with van der Waals surface area (Å²) in [7, 11) is 0. The highest BCUT2D eigenvalue weighted by atomic mass is 35.5. The highest BCUT2D eigenvalue weighted by molar-refractivity contribution is 6.30. The van der Waals surface area contributed by atoms with Crippen molar-refractivity contribution in [2.45, 2.75) is 25.7 Å². The van der Waals surface area contributed by atoms with E-state index in [0.717, 1.165) is 59.1 Å². The van der Waals surface area contributed by atoms with Crippen LogP contribution in [-0.2, 0) is 12.8 Å². The molecule has 25 heavy (non-hydrogen) atoms. The van der Waals surface area contributed by atoms with Crippen LogP contribution >= 0.6 is 11.6 Å². The minimum atomic E-state index is -0.133. The van der Waals surface area contributed by atoms with Crippen molar-refractivity contribution >= 4 is 34.1 Å². The summed E-state index contributed by atoms with van der Waals surface area (Å²) in [6.07, 6.45) is 4.06. The number of anilines is 1. The first-order chi connectivity index (χ1) is 12.2. The number of hydrogen-bond acceptors (Lipinski definition) is 3. The summed E-state index contributed by atoms with van der Waals surface area (Å²) >= 11 is 5.89. The third-order valence-electron chi connectivity index (χ3n) is 4.56. The van der Waals surface area contributed by atoms with Gasteiger partial charge in [-0.1, -0.05) is 29.8 Å². The van der Waals surface area contributed by atoms with E-state index in [4.69, 9.17) is 16.6 Å². The van der Waals surface area contributed by atoms with Gasteiger partial charge in [0.1, 0.15) is 0 Å². The lowest BCUT2D eigenvalue weighted by molar-refractivity contribution is 0.0963. The minimum Gasteiger partial charge on any atom is -0.298 e. The van der Waals surface area contributed by atoms with Crippen molar-refractivity contribution in [1.82, 2.24) is 10.4 Å². The van der Waals surface area contributed by atoms with Crippen LogP contribution in [0.2, 0.25) is 5.02 Å². The maximum Gasteiger partial charge on any atom is 0.270 e. The third-order valence-corrected chi connectivity index (χ3v) is 4.81. The lowest BCUT2D eigenvalue weighted by atomic mass is 9.89. The number of amides is 1. The van der Waals surface area contributed by atoms with E-state index in [2.05, 4.69) is 10.9 Å². The monoisotopic (exact) mass is 351 g/mol.